The number of rotatable bonds is 7. The Morgan fingerprint density at radius 3 is 2.69 bits per heavy atom. The van der Waals surface area contributed by atoms with Crippen molar-refractivity contribution in [3.05, 3.63) is 54.1 Å². The van der Waals surface area contributed by atoms with E-state index in [1.807, 2.05) is 57.3 Å². The standard InChI is InChI=1S/C18H22N6O2/c1-4-16(17(25)19-11-15-10-13(2)21-23(15)3)26-18-20-12-24(22-18)14-8-6-5-7-9-14/h5-10,12,16H,4,11H2,1-3H3,(H,19,25). The minimum Gasteiger partial charge on any atom is -0.449 e. The van der Waals surface area contributed by atoms with Gasteiger partial charge in [-0.1, -0.05) is 25.1 Å². The summed E-state index contributed by atoms with van der Waals surface area (Å²) in [6.45, 7) is 4.19. The summed E-state index contributed by atoms with van der Waals surface area (Å²) >= 11 is 0. The van der Waals surface area contributed by atoms with Gasteiger partial charge < -0.3 is 10.1 Å². The largest absolute Gasteiger partial charge is 0.449 e. The molecule has 1 amide bonds. The zero-order chi connectivity index (χ0) is 18.5. The number of ether oxygens (including phenoxy) is 1. The lowest BCUT2D eigenvalue weighted by molar-refractivity contribution is -0.128. The van der Waals surface area contributed by atoms with Crippen LogP contribution in [0, 0.1) is 6.92 Å². The van der Waals surface area contributed by atoms with Crippen LogP contribution >= 0.6 is 0 Å². The molecule has 2 heterocycles. The lowest BCUT2D eigenvalue weighted by Gasteiger charge is -2.14. The number of benzene rings is 1. The predicted molar refractivity (Wildman–Crippen MR) is 95.9 cm³/mol. The molecular weight excluding hydrogens is 332 g/mol. The molecule has 0 saturated carbocycles. The Morgan fingerprint density at radius 1 is 1.27 bits per heavy atom. The van der Waals surface area contributed by atoms with E-state index in [2.05, 4.69) is 20.5 Å². The van der Waals surface area contributed by atoms with Crippen LogP contribution in [0.3, 0.4) is 0 Å². The highest BCUT2D eigenvalue weighted by Crippen LogP contribution is 2.11. The first-order valence-corrected chi connectivity index (χ1v) is 8.47. The molecule has 2 aromatic heterocycles. The smallest absolute Gasteiger partial charge is 0.336 e. The highest BCUT2D eigenvalue weighted by Gasteiger charge is 2.20. The van der Waals surface area contributed by atoms with Gasteiger partial charge >= 0.3 is 6.01 Å². The van der Waals surface area contributed by atoms with Crippen molar-refractivity contribution in [1.29, 1.82) is 0 Å². The van der Waals surface area contributed by atoms with Crippen LogP contribution in [0.15, 0.2) is 42.7 Å². The average molecular weight is 354 g/mol. The summed E-state index contributed by atoms with van der Waals surface area (Å²) in [5.74, 6) is -0.206. The van der Waals surface area contributed by atoms with Gasteiger partial charge in [0.2, 0.25) is 0 Å². The molecule has 1 unspecified atom stereocenters. The van der Waals surface area contributed by atoms with Gasteiger partial charge in [-0.25, -0.2) is 4.68 Å². The van der Waals surface area contributed by atoms with Crippen LogP contribution in [0.1, 0.15) is 24.7 Å². The molecule has 26 heavy (non-hydrogen) atoms. The zero-order valence-corrected chi connectivity index (χ0v) is 15.1. The SMILES string of the molecule is CCC(Oc1ncn(-c2ccccc2)n1)C(=O)NCc1cc(C)nn1C. The molecule has 3 rings (SSSR count). The Kier molecular flexibility index (Phi) is 5.31. The predicted octanol–water partition coefficient (Wildman–Crippen LogP) is 1.78. The van der Waals surface area contributed by atoms with E-state index in [1.165, 1.54) is 0 Å². The van der Waals surface area contributed by atoms with Gasteiger partial charge in [-0.15, -0.1) is 5.10 Å². The van der Waals surface area contributed by atoms with Gasteiger partial charge in [-0.2, -0.15) is 10.1 Å². The van der Waals surface area contributed by atoms with Gasteiger partial charge in [0.25, 0.3) is 5.91 Å². The molecule has 0 aliphatic heterocycles. The van der Waals surface area contributed by atoms with Crippen molar-refractivity contribution in [3.63, 3.8) is 0 Å². The second-order valence-electron chi connectivity index (χ2n) is 5.94. The molecule has 8 heteroatoms. The first-order chi connectivity index (χ1) is 12.6. The van der Waals surface area contributed by atoms with Crippen molar-refractivity contribution in [3.8, 4) is 11.7 Å². The summed E-state index contributed by atoms with van der Waals surface area (Å²) in [6.07, 6.45) is 1.42. The highest BCUT2D eigenvalue weighted by molar-refractivity contribution is 5.80. The maximum absolute atomic E-state index is 12.4. The van der Waals surface area contributed by atoms with E-state index in [0.29, 0.717) is 13.0 Å². The third kappa shape index (κ3) is 4.08. The molecule has 136 valence electrons. The molecular formula is C18H22N6O2. The molecule has 0 fully saturated rings. The van der Waals surface area contributed by atoms with E-state index in [9.17, 15) is 4.79 Å². The van der Waals surface area contributed by atoms with Crippen molar-refractivity contribution < 1.29 is 9.53 Å². The molecule has 0 bridgehead atoms. The molecule has 1 N–H and O–H groups in total. The summed E-state index contributed by atoms with van der Waals surface area (Å²) in [6, 6.07) is 11.7. The summed E-state index contributed by atoms with van der Waals surface area (Å²) < 4.78 is 9.03. The van der Waals surface area contributed by atoms with Gasteiger partial charge in [0.15, 0.2) is 6.10 Å². The van der Waals surface area contributed by atoms with Crippen LogP contribution in [-0.2, 0) is 18.4 Å². The Balaban J connectivity index is 1.61. The fourth-order valence-electron chi connectivity index (χ4n) is 2.58. The minimum absolute atomic E-state index is 0.173. The van der Waals surface area contributed by atoms with E-state index in [-0.39, 0.29) is 11.9 Å². The van der Waals surface area contributed by atoms with Crippen LogP contribution < -0.4 is 10.1 Å². The molecule has 1 atom stereocenters. The van der Waals surface area contributed by atoms with Crippen molar-refractivity contribution in [2.75, 3.05) is 0 Å². The van der Waals surface area contributed by atoms with Gasteiger partial charge in [0.05, 0.1) is 23.6 Å². The first-order valence-electron chi connectivity index (χ1n) is 8.47. The maximum atomic E-state index is 12.4. The molecule has 0 saturated heterocycles. The monoisotopic (exact) mass is 354 g/mol. The van der Waals surface area contributed by atoms with E-state index >= 15 is 0 Å². The Labute approximate surface area is 151 Å². The number of para-hydroxylation sites is 1. The lowest BCUT2D eigenvalue weighted by Crippen LogP contribution is -2.38. The van der Waals surface area contributed by atoms with Gasteiger partial charge in [-0.05, 0) is 31.5 Å². The summed E-state index contributed by atoms with van der Waals surface area (Å²) in [5, 5.41) is 11.4. The molecule has 3 aromatic rings. The van der Waals surface area contributed by atoms with Crippen molar-refractivity contribution in [2.24, 2.45) is 7.05 Å². The van der Waals surface area contributed by atoms with Crippen LogP contribution in [0.4, 0.5) is 0 Å². The number of hydrogen-bond acceptors (Lipinski definition) is 5. The third-order valence-corrected chi connectivity index (χ3v) is 3.95. The first kappa shape index (κ1) is 17.7. The number of nitrogens with one attached hydrogen (secondary N) is 1. The Bertz CT molecular complexity index is 871. The molecule has 0 radical (unpaired) electrons. The fraction of sp³-hybridized carbons (Fsp3) is 0.333. The van der Waals surface area contributed by atoms with Crippen LogP contribution in [0.2, 0.25) is 0 Å². The number of hydrogen-bond donors (Lipinski definition) is 1. The summed E-state index contributed by atoms with van der Waals surface area (Å²) in [4.78, 5) is 16.6. The van der Waals surface area contributed by atoms with Crippen LogP contribution in [0.25, 0.3) is 5.69 Å². The van der Waals surface area contributed by atoms with E-state index < -0.39 is 6.10 Å². The van der Waals surface area contributed by atoms with Crippen LogP contribution in [-0.4, -0.2) is 36.6 Å². The molecule has 1 aromatic carbocycles. The number of nitrogens with zero attached hydrogens (tertiary/aromatic N) is 5. The van der Waals surface area contributed by atoms with E-state index in [1.54, 1.807) is 15.7 Å². The minimum atomic E-state index is -0.657. The van der Waals surface area contributed by atoms with E-state index in [4.69, 9.17) is 4.74 Å². The zero-order valence-electron chi connectivity index (χ0n) is 15.1. The molecule has 8 nitrogen and oxygen atoms in total. The van der Waals surface area contributed by atoms with E-state index in [0.717, 1.165) is 17.1 Å². The number of carbonyl (C=O) groups is 1. The Morgan fingerprint density at radius 2 is 2.04 bits per heavy atom. The number of aryl methyl sites for hydroxylation is 2. The average Bonchev–Trinajstić information content (AvgIpc) is 3.24. The number of carbonyl (C=O) groups excluding carboxylic acids is 1. The number of amides is 1. The highest BCUT2D eigenvalue weighted by atomic mass is 16.5. The third-order valence-electron chi connectivity index (χ3n) is 3.95. The van der Waals surface area contributed by atoms with Crippen molar-refractivity contribution in [2.45, 2.75) is 32.9 Å². The van der Waals surface area contributed by atoms with Gasteiger partial charge in [0, 0.05) is 7.05 Å². The van der Waals surface area contributed by atoms with Gasteiger partial charge in [-0.3, -0.25) is 9.48 Å². The lowest BCUT2D eigenvalue weighted by atomic mass is 10.2. The quantitative estimate of drug-likeness (QED) is 0.699. The normalized spacial score (nSPS) is 12.0. The fourth-order valence-corrected chi connectivity index (χ4v) is 2.58. The molecule has 0 aliphatic carbocycles. The topological polar surface area (TPSA) is 86.9 Å². The molecule has 0 spiro atoms. The maximum Gasteiger partial charge on any atom is 0.336 e. The van der Waals surface area contributed by atoms with Crippen molar-refractivity contribution >= 4 is 5.91 Å². The Hall–Kier alpha value is -3.16. The summed E-state index contributed by atoms with van der Waals surface area (Å²) in [7, 11) is 1.85. The number of aromatic nitrogens is 5. The summed E-state index contributed by atoms with van der Waals surface area (Å²) in [5.41, 5.74) is 2.71. The van der Waals surface area contributed by atoms with Crippen molar-refractivity contribution in [1.82, 2.24) is 29.9 Å². The van der Waals surface area contributed by atoms with Crippen LogP contribution in [0.5, 0.6) is 6.01 Å². The second kappa shape index (κ2) is 7.81. The second-order valence-corrected chi connectivity index (χ2v) is 5.94. The molecule has 0 aliphatic rings. The van der Waals surface area contributed by atoms with Gasteiger partial charge in [0.1, 0.15) is 6.33 Å².